The van der Waals surface area contributed by atoms with Gasteiger partial charge >= 0.3 is 0 Å². The summed E-state index contributed by atoms with van der Waals surface area (Å²) in [5.41, 5.74) is 1.14. The van der Waals surface area contributed by atoms with E-state index in [2.05, 4.69) is 20.9 Å². The lowest BCUT2D eigenvalue weighted by atomic mass is 10.0. The summed E-state index contributed by atoms with van der Waals surface area (Å²) in [4.78, 5) is 35.3. The minimum absolute atomic E-state index is 0.0866. The van der Waals surface area contributed by atoms with Gasteiger partial charge in [0.25, 0.3) is 17.8 Å². The first-order valence-electron chi connectivity index (χ1n) is 16.8. The first-order valence-corrected chi connectivity index (χ1v) is 16.8. The quantitative estimate of drug-likeness (QED) is 0.234. The number of piperidine rings is 1. The number of halogens is 6. The molecule has 4 aromatic rings. The van der Waals surface area contributed by atoms with E-state index in [9.17, 15) is 22.8 Å². The molecule has 5 atom stereocenters. The number of rotatable bonds is 4. The first kappa shape index (κ1) is 32.1. The van der Waals surface area contributed by atoms with Gasteiger partial charge < -0.3 is 25.1 Å². The molecule has 5 heterocycles. The summed E-state index contributed by atoms with van der Waals surface area (Å²) in [6.07, 6.45) is -0.660. The normalized spacial score (nSPS) is 28.2. The summed E-state index contributed by atoms with van der Waals surface area (Å²) in [6.45, 7) is 1.47. The van der Waals surface area contributed by atoms with Crippen LogP contribution in [0.4, 0.5) is 26.3 Å². The summed E-state index contributed by atoms with van der Waals surface area (Å²) in [5.74, 6) is -11.6. The molecule has 49 heavy (non-hydrogen) atoms. The molecule has 4 aliphatic rings. The summed E-state index contributed by atoms with van der Waals surface area (Å²) in [6, 6.07) is 5.78. The van der Waals surface area contributed by atoms with Crippen molar-refractivity contribution in [1.82, 2.24) is 35.1 Å². The molecule has 3 N–H and O–H groups in total. The van der Waals surface area contributed by atoms with Gasteiger partial charge in [0, 0.05) is 36.4 Å². The van der Waals surface area contributed by atoms with Gasteiger partial charge in [0.05, 0.1) is 46.6 Å². The molecule has 1 saturated heterocycles. The molecular formula is C34H35F6N7O2. The van der Waals surface area contributed by atoms with E-state index in [4.69, 9.17) is 4.98 Å². The number of imidazole rings is 1. The van der Waals surface area contributed by atoms with Gasteiger partial charge in [-0.05, 0) is 69.8 Å². The number of hydrogen-bond donors (Lipinski definition) is 3. The van der Waals surface area contributed by atoms with E-state index < -0.39 is 72.5 Å². The fourth-order valence-electron chi connectivity index (χ4n) is 7.49. The SMILES string of the molecule is C[C@H]1NC(=O)[C@H]2[C@@H](CCCC(F)(F)Cn3c(-c4nc5cc(C(=O)N[C@H]6CNCC[C@@H]6F)c(F)cc5n4C4CC4)cc4ccc1nc43)C2(F)F. The van der Waals surface area contributed by atoms with Gasteiger partial charge in [-0.25, -0.2) is 36.3 Å². The molecule has 0 unspecified atom stereocenters. The third kappa shape index (κ3) is 5.63. The molecule has 2 bridgehead atoms. The maximum atomic E-state index is 15.7. The summed E-state index contributed by atoms with van der Waals surface area (Å²) < 4.78 is 93.6. The van der Waals surface area contributed by atoms with Crippen molar-refractivity contribution in [2.24, 2.45) is 11.8 Å². The number of nitrogens with one attached hydrogen (secondary N) is 3. The average Bonchev–Trinajstić information content (AvgIpc) is 3.89. The minimum Gasteiger partial charge on any atom is -0.348 e. The topological polar surface area (TPSA) is 106 Å². The summed E-state index contributed by atoms with van der Waals surface area (Å²) in [5, 5.41) is 8.72. The number of carbonyl (C=O) groups is 2. The number of amides is 2. The zero-order valence-electron chi connectivity index (χ0n) is 26.6. The Labute approximate surface area is 276 Å². The average molecular weight is 688 g/mol. The number of hydrogen-bond acceptors (Lipinski definition) is 5. The van der Waals surface area contributed by atoms with Crippen molar-refractivity contribution in [3.63, 3.8) is 0 Å². The zero-order chi connectivity index (χ0) is 34.4. The third-order valence-electron chi connectivity index (χ3n) is 10.4. The van der Waals surface area contributed by atoms with Crippen LogP contribution in [-0.4, -0.2) is 68.1 Å². The van der Waals surface area contributed by atoms with Crippen LogP contribution in [0.3, 0.4) is 0 Å². The Balaban J connectivity index is 1.22. The van der Waals surface area contributed by atoms with E-state index in [-0.39, 0.29) is 54.4 Å². The Bertz CT molecular complexity index is 1990. The molecule has 15 heteroatoms. The zero-order valence-corrected chi connectivity index (χ0v) is 26.6. The molecule has 3 aromatic heterocycles. The van der Waals surface area contributed by atoms with Crippen LogP contribution >= 0.6 is 0 Å². The van der Waals surface area contributed by atoms with Crippen molar-refractivity contribution in [2.45, 2.75) is 88.1 Å². The van der Waals surface area contributed by atoms with Gasteiger partial charge in [-0.3, -0.25) is 9.59 Å². The molecule has 8 rings (SSSR count). The van der Waals surface area contributed by atoms with Gasteiger partial charge in [0.15, 0.2) is 5.82 Å². The number of alkyl halides is 5. The van der Waals surface area contributed by atoms with E-state index >= 15 is 13.2 Å². The largest absolute Gasteiger partial charge is 0.348 e. The van der Waals surface area contributed by atoms with E-state index in [1.807, 2.05) is 0 Å². The monoisotopic (exact) mass is 687 g/mol. The molecule has 9 nitrogen and oxygen atoms in total. The van der Waals surface area contributed by atoms with Crippen LogP contribution in [0.25, 0.3) is 33.6 Å². The fraction of sp³-hybridized carbons (Fsp3) is 0.529. The maximum absolute atomic E-state index is 15.7. The maximum Gasteiger partial charge on any atom is 0.265 e. The summed E-state index contributed by atoms with van der Waals surface area (Å²) >= 11 is 0. The van der Waals surface area contributed by atoms with Crippen LogP contribution in [0, 0.1) is 17.7 Å². The Kier molecular flexibility index (Phi) is 7.50. The summed E-state index contributed by atoms with van der Waals surface area (Å²) in [7, 11) is 0. The highest BCUT2D eigenvalue weighted by Crippen LogP contribution is 2.58. The number of benzene rings is 1. The standard InChI is InChI=1S/C34H35F6N7O2/c1-16-23-7-4-17-11-27(46(29(17)43-23)15-33(37,38)9-2-3-20-28(32(49)42-16)34(20,39)40)30-44-24-12-19(22(36)13-26(24)47(30)18-5-6-18)31(48)45-25-14-41-10-8-21(25)35/h4,7,11-13,16,18,20-21,25,28,41H,2-3,5-6,8-10,14-15H2,1H3,(H,42,49)(H,45,48)/t16-,20-,21+,25+,28-/m1/s1. The van der Waals surface area contributed by atoms with Crippen molar-refractivity contribution < 1.29 is 35.9 Å². The van der Waals surface area contributed by atoms with Crippen LogP contribution in [0.2, 0.25) is 0 Å². The van der Waals surface area contributed by atoms with E-state index in [0.717, 1.165) is 12.8 Å². The van der Waals surface area contributed by atoms with E-state index in [1.165, 1.54) is 16.7 Å². The molecule has 2 amide bonds. The number of pyridine rings is 1. The highest BCUT2D eigenvalue weighted by molar-refractivity contribution is 5.98. The van der Waals surface area contributed by atoms with Crippen LogP contribution < -0.4 is 16.0 Å². The van der Waals surface area contributed by atoms with E-state index in [1.54, 1.807) is 29.7 Å². The predicted octanol–water partition coefficient (Wildman–Crippen LogP) is 5.83. The molecule has 2 aliphatic carbocycles. The van der Waals surface area contributed by atoms with Gasteiger partial charge in [-0.15, -0.1) is 0 Å². The van der Waals surface area contributed by atoms with Crippen molar-refractivity contribution in [2.75, 3.05) is 13.1 Å². The van der Waals surface area contributed by atoms with Crippen molar-refractivity contribution in [1.29, 1.82) is 0 Å². The molecule has 2 aliphatic heterocycles. The van der Waals surface area contributed by atoms with Crippen LogP contribution in [0.5, 0.6) is 0 Å². The lowest BCUT2D eigenvalue weighted by Crippen LogP contribution is -2.52. The second-order valence-corrected chi connectivity index (χ2v) is 13.9. The molecule has 0 spiro atoms. The Morgan fingerprint density at radius 1 is 1.06 bits per heavy atom. The second kappa shape index (κ2) is 11.5. The highest BCUT2D eigenvalue weighted by atomic mass is 19.3. The Hall–Kier alpha value is -4.14. The smallest absolute Gasteiger partial charge is 0.265 e. The van der Waals surface area contributed by atoms with Crippen molar-refractivity contribution >= 4 is 33.9 Å². The molecule has 0 radical (unpaired) electrons. The van der Waals surface area contributed by atoms with Crippen LogP contribution in [-0.2, 0) is 11.3 Å². The van der Waals surface area contributed by atoms with Crippen molar-refractivity contribution in [3.05, 3.63) is 47.4 Å². The number of fused-ring (bicyclic) bond motifs is 3. The van der Waals surface area contributed by atoms with Crippen LogP contribution in [0.1, 0.15) is 73.6 Å². The Morgan fingerprint density at radius 3 is 2.61 bits per heavy atom. The predicted molar refractivity (Wildman–Crippen MR) is 168 cm³/mol. The number of nitrogens with zero attached hydrogens (tertiary/aromatic N) is 4. The van der Waals surface area contributed by atoms with Gasteiger partial charge in [-0.1, -0.05) is 0 Å². The second-order valence-electron chi connectivity index (χ2n) is 13.9. The highest BCUT2D eigenvalue weighted by Gasteiger charge is 2.71. The molecule has 3 fully saturated rings. The van der Waals surface area contributed by atoms with Gasteiger partial charge in [-0.2, -0.15) is 0 Å². The number of carbonyl (C=O) groups excluding carboxylic acids is 2. The lowest BCUT2D eigenvalue weighted by molar-refractivity contribution is -0.125. The lowest BCUT2D eigenvalue weighted by Gasteiger charge is -2.27. The van der Waals surface area contributed by atoms with Gasteiger partial charge in [0.2, 0.25) is 5.91 Å². The fourth-order valence-corrected chi connectivity index (χ4v) is 7.49. The van der Waals surface area contributed by atoms with Crippen LogP contribution in [0.15, 0.2) is 30.3 Å². The minimum atomic E-state index is -3.33. The first-order chi connectivity index (χ1) is 23.3. The van der Waals surface area contributed by atoms with E-state index in [0.29, 0.717) is 28.8 Å². The van der Waals surface area contributed by atoms with Gasteiger partial charge in [0.1, 0.15) is 23.6 Å². The third-order valence-corrected chi connectivity index (χ3v) is 10.4. The molecule has 1 aromatic carbocycles. The molecular weight excluding hydrogens is 652 g/mol. The molecule has 2 saturated carbocycles. The molecule has 260 valence electrons. The Morgan fingerprint density at radius 2 is 1.86 bits per heavy atom. The van der Waals surface area contributed by atoms with Crippen molar-refractivity contribution in [3.8, 4) is 11.5 Å². The number of aromatic nitrogens is 4.